The zero-order valence-electron chi connectivity index (χ0n) is 16.7. The van der Waals surface area contributed by atoms with Gasteiger partial charge in [0.25, 0.3) is 5.91 Å². The first-order chi connectivity index (χ1) is 13.9. The smallest absolute Gasteiger partial charge is 0.312 e. The van der Waals surface area contributed by atoms with Gasteiger partial charge in [-0.1, -0.05) is 29.8 Å². The fourth-order valence-corrected chi connectivity index (χ4v) is 3.16. The van der Waals surface area contributed by atoms with Gasteiger partial charge in [0.15, 0.2) is 6.10 Å². The van der Waals surface area contributed by atoms with Crippen LogP contribution in [0.4, 0.5) is 11.4 Å². The van der Waals surface area contributed by atoms with Crippen LogP contribution in [-0.2, 0) is 19.1 Å². The second-order valence-electron chi connectivity index (χ2n) is 7.01. The number of hydrogen-bond acceptors (Lipinski definition) is 5. The van der Waals surface area contributed by atoms with E-state index in [2.05, 4.69) is 5.32 Å². The van der Waals surface area contributed by atoms with Crippen LogP contribution in [0.5, 0.6) is 5.75 Å². The van der Waals surface area contributed by atoms with Crippen molar-refractivity contribution < 1.29 is 23.9 Å². The molecular formula is C22H24N2O5. The molecule has 1 saturated heterocycles. The van der Waals surface area contributed by atoms with Crippen molar-refractivity contribution in [2.24, 2.45) is 5.92 Å². The Morgan fingerprint density at radius 3 is 2.52 bits per heavy atom. The molecule has 1 heterocycles. The number of aryl methyl sites for hydroxylation is 1. The minimum Gasteiger partial charge on any atom is -0.495 e. The van der Waals surface area contributed by atoms with E-state index in [1.165, 1.54) is 18.9 Å². The largest absolute Gasteiger partial charge is 0.495 e. The Kier molecular flexibility index (Phi) is 6.16. The van der Waals surface area contributed by atoms with Crippen molar-refractivity contribution in [1.29, 1.82) is 0 Å². The van der Waals surface area contributed by atoms with E-state index in [0.717, 1.165) is 5.56 Å². The summed E-state index contributed by atoms with van der Waals surface area (Å²) in [6, 6.07) is 14.4. The normalized spacial score (nSPS) is 17.0. The molecule has 0 aliphatic carbocycles. The van der Waals surface area contributed by atoms with Crippen molar-refractivity contribution >= 4 is 29.2 Å². The third-order valence-corrected chi connectivity index (χ3v) is 4.82. The van der Waals surface area contributed by atoms with Crippen molar-refractivity contribution in [3.8, 4) is 5.75 Å². The summed E-state index contributed by atoms with van der Waals surface area (Å²) in [5.41, 5.74) is 2.32. The second-order valence-corrected chi connectivity index (χ2v) is 7.01. The van der Waals surface area contributed by atoms with Crippen LogP contribution in [0.3, 0.4) is 0 Å². The number of amides is 2. The maximum atomic E-state index is 12.5. The SMILES string of the molecule is COc1ccccc1N1C[C@@H](C(=O)O[C@H](C)C(=O)Nc2ccc(C)cc2)CC1=O. The molecule has 152 valence electrons. The quantitative estimate of drug-likeness (QED) is 0.759. The molecule has 7 heteroatoms. The van der Waals surface area contributed by atoms with E-state index in [1.807, 2.05) is 25.1 Å². The van der Waals surface area contributed by atoms with Crippen molar-refractivity contribution in [2.75, 3.05) is 23.9 Å². The number of rotatable bonds is 6. The molecule has 0 saturated carbocycles. The minimum absolute atomic E-state index is 0.0309. The predicted octanol–water partition coefficient (Wildman–Crippen LogP) is 2.93. The van der Waals surface area contributed by atoms with Gasteiger partial charge in [-0.3, -0.25) is 14.4 Å². The molecule has 7 nitrogen and oxygen atoms in total. The van der Waals surface area contributed by atoms with Crippen molar-refractivity contribution in [2.45, 2.75) is 26.4 Å². The van der Waals surface area contributed by atoms with Gasteiger partial charge >= 0.3 is 5.97 Å². The molecule has 3 rings (SSSR count). The molecule has 29 heavy (non-hydrogen) atoms. The lowest BCUT2D eigenvalue weighted by Gasteiger charge is -2.20. The van der Waals surface area contributed by atoms with E-state index in [0.29, 0.717) is 17.1 Å². The first-order valence-electron chi connectivity index (χ1n) is 9.40. The topological polar surface area (TPSA) is 84.9 Å². The average molecular weight is 396 g/mol. The van der Waals surface area contributed by atoms with E-state index < -0.39 is 23.9 Å². The number of esters is 1. The molecular weight excluding hydrogens is 372 g/mol. The summed E-state index contributed by atoms with van der Waals surface area (Å²) in [6.45, 7) is 3.65. The standard InChI is InChI=1S/C22H24N2O5/c1-14-8-10-17(11-9-14)23-21(26)15(2)29-22(27)16-12-20(25)24(13-16)18-6-4-5-7-19(18)28-3/h4-11,15-16H,12-13H2,1-3H3,(H,23,26)/t15-,16+/m1/s1. The van der Waals surface area contributed by atoms with Gasteiger partial charge in [-0.2, -0.15) is 0 Å². The minimum atomic E-state index is -0.973. The van der Waals surface area contributed by atoms with Crippen LogP contribution in [0.25, 0.3) is 0 Å². The van der Waals surface area contributed by atoms with Crippen LogP contribution in [0.2, 0.25) is 0 Å². The predicted molar refractivity (Wildman–Crippen MR) is 109 cm³/mol. The molecule has 0 aromatic heterocycles. The summed E-state index contributed by atoms with van der Waals surface area (Å²) >= 11 is 0. The monoisotopic (exact) mass is 396 g/mol. The lowest BCUT2D eigenvalue weighted by Crippen LogP contribution is -2.33. The number of carbonyl (C=O) groups is 3. The number of para-hydroxylation sites is 2. The van der Waals surface area contributed by atoms with Gasteiger partial charge in [0, 0.05) is 18.7 Å². The van der Waals surface area contributed by atoms with Crippen LogP contribution < -0.4 is 15.0 Å². The first kappa shape index (κ1) is 20.4. The van der Waals surface area contributed by atoms with Crippen LogP contribution in [0, 0.1) is 12.8 Å². The Hall–Kier alpha value is -3.35. The summed E-state index contributed by atoms with van der Waals surface area (Å²) in [5, 5.41) is 2.71. The molecule has 1 fully saturated rings. The fourth-order valence-electron chi connectivity index (χ4n) is 3.16. The highest BCUT2D eigenvalue weighted by atomic mass is 16.5. The zero-order valence-corrected chi connectivity index (χ0v) is 16.7. The Morgan fingerprint density at radius 2 is 1.83 bits per heavy atom. The molecule has 1 N–H and O–H groups in total. The van der Waals surface area contributed by atoms with Gasteiger partial charge in [0.05, 0.1) is 18.7 Å². The summed E-state index contributed by atoms with van der Waals surface area (Å²) in [5.74, 6) is -1.26. The molecule has 1 aliphatic rings. The number of ether oxygens (including phenoxy) is 2. The third kappa shape index (κ3) is 4.74. The molecule has 0 radical (unpaired) electrons. The average Bonchev–Trinajstić information content (AvgIpc) is 3.11. The van der Waals surface area contributed by atoms with Gasteiger partial charge < -0.3 is 19.7 Å². The molecule has 0 bridgehead atoms. The van der Waals surface area contributed by atoms with Gasteiger partial charge in [-0.05, 0) is 38.1 Å². The van der Waals surface area contributed by atoms with Crippen molar-refractivity contribution in [1.82, 2.24) is 0 Å². The van der Waals surface area contributed by atoms with Crippen molar-refractivity contribution in [3.05, 3.63) is 54.1 Å². The highest BCUT2D eigenvalue weighted by Gasteiger charge is 2.38. The lowest BCUT2D eigenvalue weighted by molar-refractivity contribution is -0.157. The van der Waals surface area contributed by atoms with Crippen LogP contribution in [-0.4, -0.2) is 37.5 Å². The number of hydrogen-bond donors (Lipinski definition) is 1. The summed E-state index contributed by atoms with van der Waals surface area (Å²) in [4.78, 5) is 38.8. The Morgan fingerprint density at radius 1 is 1.14 bits per heavy atom. The maximum Gasteiger partial charge on any atom is 0.312 e. The highest BCUT2D eigenvalue weighted by Crippen LogP contribution is 2.33. The summed E-state index contributed by atoms with van der Waals surface area (Å²) < 4.78 is 10.6. The summed E-state index contributed by atoms with van der Waals surface area (Å²) in [6.07, 6.45) is -0.942. The zero-order chi connectivity index (χ0) is 21.0. The third-order valence-electron chi connectivity index (χ3n) is 4.82. The molecule has 2 aromatic rings. The van der Waals surface area contributed by atoms with E-state index >= 15 is 0 Å². The van der Waals surface area contributed by atoms with E-state index in [1.54, 1.807) is 30.3 Å². The van der Waals surface area contributed by atoms with Crippen LogP contribution >= 0.6 is 0 Å². The first-order valence-corrected chi connectivity index (χ1v) is 9.40. The molecule has 0 unspecified atom stereocenters. The number of nitrogens with one attached hydrogen (secondary N) is 1. The Bertz CT molecular complexity index is 910. The number of benzene rings is 2. The molecule has 1 aliphatic heterocycles. The number of nitrogens with zero attached hydrogens (tertiary/aromatic N) is 1. The maximum absolute atomic E-state index is 12.5. The molecule has 2 amide bonds. The molecule has 2 atom stereocenters. The highest BCUT2D eigenvalue weighted by molar-refractivity contribution is 6.01. The molecule has 0 spiro atoms. The lowest BCUT2D eigenvalue weighted by atomic mass is 10.1. The Labute approximate surface area is 169 Å². The summed E-state index contributed by atoms with van der Waals surface area (Å²) in [7, 11) is 1.53. The number of methoxy groups -OCH3 is 1. The number of carbonyl (C=O) groups excluding carboxylic acids is 3. The van der Waals surface area contributed by atoms with Gasteiger partial charge in [0.1, 0.15) is 5.75 Å². The van der Waals surface area contributed by atoms with Crippen LogP contribution in [0.15, 0.2) is 48.5 Å². The van der Waals surface area contributed by atoms with E-state index in [9.17, 15) is 14.4 Å². The van der Waals surface area contributed by atoms with E-state index in [-0.39, 0.29) is 18.9 Å². The Balaban J connectivity index is 1.60. The van der Waals surface area contributed by atoms with Crippen LogP contribution in [0.1, 0.15) is 18.9 Å². The van der Waals surface area contributed by atoms with Crippen molar-refractivity contribution in [3.63, 3.8) is 0 Å². The van der Waals surface area contributed by atoms with Gasteiger partial charge in [-0.15, -0.1) is 0 Å². The van der Waals surface area contributed by atoms with Gasteiger partial charge in [-0.25, -0.2) is 0 Å². The van der Waals surface area contributed by atoms with Gasteiger partial charge in [0.2, 0.25) is 5.91 Å². The molecule has 2 aromatic carbocycles. The second kappa shape index (κ2) is 8.77. The van der Waals surface area contributed by atoms with E-state index in [4.69, 9.17) is 9.47 Å². The number of anilines is 2. The fraction of sp³-hybridized carbons (Fsp3) is 0.318.